The molecule has 0 spiro atoms. The van der Waals surface area contributed by atoms with Gasteiger partial charge in [-0.2, -0.15) is 0 Å². The van der Waals surface area contributed by atoms with Crippen LogP contribution in [-0.2, 0) is 60.6 Å². The van der Waals surface area contributed by atoms with Gasteiger partial charge in [0.15, 0.2) is 11.6 Å². The van der Waals surface area contributed by atoms with Crippen molar-refractivity contribution in [2.75, 3.05) is 19.8 Å². The third kappa shape index (κ3) is 26.0. The van der Waals surface area contributed by atoms with E-state index in [0.29, 0.717) is 47.9 Å². The maximum atomic E-state index is 13.1. The van der Waals surface area contributed by atoms with Gasteiger partial charge in [-0.1, -0.05) is 88.4 Å². The first kappa shape index (κ1) is 59.7. The number of nitrogens with two attached hydrogens (primary N) is 1. The van der Waals surface area contributed by atoms with Gasteiger partial charge in [0.05, 0.1) is 31.2 Å². The number of halogens is 5. The van der Waals surface area contributed by atoms with Crippen molar-refractivity contribution in [3.8, 4) is 0 Å². The number of hydrogen-bond acceptors (Lipinski definition) is 9. The fraction of sp³-hybridized carbons (Fsp3) is 0.595. The van der Waals surface area contributed by atoms with Crippen molar-refractivity contribution in [1.82, 2.24) is 16.0 Å². The molecule has 2 heterocycles. The summed E-state index contributed by atoms with van der Waals surface area (Å²) in [6, 6.07) is 17.1. The van der Waals surface area contributed by atoms with Crippen LogP contribution in [0.1, 0.15) is 86.3 Å². The summed E-state index contributed by atoms with van der Waals surface area (Å²) < 4.78 is 15.9. The Labute approximate surface area is 430 Å². The number of ketones is 2. The fourth-order valence-electron chi connectivity index (χ4n) is 5.90. The molecule has 2 aromatic carbocycles. The van der Waals surface area contributed by atoms with E-state index in [4.69, 9.17) is 19.9 Å². The third-order valence-electron chi connectivity index (χ3n) is 9.15. The maximum absolute atomic E-state index is 13.1. The average Bonchev–Trinajstić information content (AvgIpc) is 4.10. The Morgan fingerprint density at radius 3 is 1.41 bits per heavy atom. The standard InChI is InChI=1S/C23H34N2O5.C19H28N2O3.5HI.2V/c1-15(2)12-17(19(26)23(6)14-29-23)24-20(27)18(13-16-10-8-7-9-11-16)25-21(28)30-22(3,4)5;1-13(2)9-16(17(22)19(3)12-24-19)21-18(23)15(11-20)10-14-7-5-4-6-8-14;;;;;;;/h7-11,15,17-18H,12-14H2,1-6H3,(H,24,27)(H,25,28);4-8,13,15-16H,9-12,20H2,1-3H3,(H,21,23);5*1H;;/q;;;;;;;+2;+3/p-5/t17-,18-,23+;15?,16-,19+;;;;;;;/m00......./s1. The van der Waals surface area contributed by atoms with Gasteiger partial charge in [0, 0.05) is 13.0 Å². The summed E-state index contributed by atoms with van der Waals surface area (Å²) in [6.07, 6.45) is 1.27. The number of amides is 3. The minimum atomic E-state index is -0.877. The van der Waals surface area contributed by atoms with Gasteiger partial charge in [-0.3, -0.25) is 19.2 Å². The van der Waals surface area contributed by atoms with Gasteiger partial charge in [0.25, 0.3) is 0 Å². The molecule has 0 radical (unpaired) electrons. The van der Waals surface area contributed by atoms with Crippen LogP contribution in [0.15, 0.2) is 60.7 Å². The van der Waals surface area contributed by atoms with Gasteiger partial charge in [0.2, 0.25) is 11.8 Å². The van der Waals surface area contributed by atoms with Gasteiger partial charge in [-0.25, -0.2) is 4.79 Å². The molecule has 2 aliphatic rings. The summed E-state index contributed by atoms with van der Waals surface area (Å²) >= 11 is 12.1. The number of Topliss-reactive ketones (excluding diaryl/α,β-unsaturated/α-hetero) is 2. The summed E-state index contributed by atoms with van der Waals surface area (Å²) in [5, 5.41) is 8.42. The average molecular weight is 1490 g/mol. The van der Waals surface area contributed by atoms with Gasteiger partial charge >= 0.3 is 120 Å². The summed E-state index contributed by atoms with van der Waals surface area (Å²) in [4.78, 5) is 63.2. The fourth-order valence-corrected chi connectivity index (χ4v) is 5.90. The molecule has 2 fully saturated rings. The molecule has 6 atom stereocenters. The Kier molecular flexibility index (Phi) is 29.5. The molecule has 343 valence electrons. The second-order valence-electron chi connectivity index (χ2n) is 16.9. The van der Waals surface area contributed by atoms with Crippen molar-refractivity contribution in [2.45, 2.75) is 123 Å². The monoisotopic (exact) mass is 1490 g/mol. The van der Waals surface area contributed by atoms with E-state index in [1.807, 2.05) is 88.4 Å². The van der Waals surface area contributed by atoms with E-state index in [-0.39, 0.29) is 47.2 Å². The Bertz CT molecular complexity index is 1650. The topological polar surface area (TPSA) is 182 Å². The number of epoxide rings is 2. The van der Waals surface area contributed by atoms with Crippen molar-refractivity contribution >= 4 is 129 Å². The Hall–Kier alpha value is 0.689. The molecule has 2 aliphatic heterocycles. The molecule has 5 N–H and O–H groups in total. The SMILES string of the molecule is CC(C)C[C@H](NC(=O)C(CN)Cc1ccccc1)C(=O)[C@@]1(C)CO1.CC(C)C[C@H](NC(=O)[C@H](Cc1ccccc1)NC(=O)OC(C)(C)C)C(=O)[C@@]1(C)CO1.[I][V]([I])[I].[I][V][I]. The molecule has 1 unspecified atom stereocenters. The first-order valence-corrected chi connectivity index (χ1v) is 42.4. The molecule has 0 aliphatic carbocycles. The second-order valence-corrected chi connectivity index (χ2v) is 64.1. The van der Waals surface area contributed by atoms with E-state index in [2.05, 4.69) is 116 Å². The first-order valence-electron chi connectivity index (χ1n) is 19.8. The zero-order valence-corrected chi connectivity index (χ0v) is 49.9. The van der Waals surface area contributed by atoms with Crippen molar-refractivity contribution in [1.29, 1.82) is 0 Å². The normalized spacial score (nSPS) is 19.4. The summed E-state index contributed by atoms with van der Waals surface area (Å²) in [5.74, 6) is -0.610. The molecule has 0 aromatic heterocycles. The number of nitrogens with one attached hydrogen (secondary N) is 3. The van der Waals surface area contributed by atoms with Crippen molar-refractivity contribution in [2.24, 2.45) is 23.5 Å². The molecule has 4 rings (SSSR count). The third-order valence-corrected chi connectivity index (χ3v) is 9.15. The Morgan fingerprint density at radius 1 is 0.721 bits per heavy atom. The molecule has 3 amide bonds. The van der Waals surface area contributed by atoms with E-state index < -0.39 is 46.9 Å². The molecule has 12 nitrogen and oxygen atoms in total. The number of alkyl carbamates (subject to hydrolysis) is 1. The molecule has 0 saturated carbocycles. The zero-order chi connectivity index (χ0) is 46.6. The summed E-state index contributed by atoms with van der Waals surface area (Å²) in [7, 11) is 0.628. The van der Waals surface area contributed by atoms with Crippen LogP contribution < -0.4 is 21.7 Å². The van der Waals surface area contributed by atoms with Crippen LogP contribution in [0.2, 0.25) is 0 Å². The van der Waals surface area contributed by atoms with E-state index in [1.54, 1.807) is 34.6 Å². The number of carbonyl (C=O) groups excluding carboxylic acids is 5. The summed E-state index contributed by atoms with van der Waals surface area (Å²) in [6.45, 7) is 17.9. The van der Waals surface area contributed by atoms with Crippen LogP contribution in [0.25, 0.3) is 0 Å². The quantitative estimate of drug-likeness (QED) is 0.0836. The number of benzene rings is 2. The van der Waals surface area contributed by atoms with Crippen LogP contribution >= 0.6 is 99.9 Å². The van der Waals surface area contributed by atoms with Crippen LogP contribution in [-0.4, -0.2) is 84.2 Å². The van der Waals surface area contributed by atoms with E-state index in [9.17, 15) is 24.0 Å². The van der Waals surface area contributed by atoms with Gasteiger partial charge < -0.3 is 35.9 Å². The predicted molar refractivity (Wildman–Crippen MR) is 278 cm³/mol. The Morgan fingerprint density at radius 2 is 1.08 bits per heavy atom. The first-order chi connectivity index (χ1) is 28.4. The molecule has 19 heteroatoms. The van der Waals surface area contributed by atoms with Crippen LogP contribution in [0, 0.1) is 17.8 Å². The van der Waals surface area contributed by atoms with Crippen LogP contribution in [0.5, 0.6) is 0 Å². The Balaban J connectivity index is 0.000000538. The number of ether oxygens (including phenoxy) is 3. The molecule has 0 bridgehead atoms. The van der Waals surface area contributed by atoms with E-state index in [1.165, 1.54) is 0 Å². The molecule has 2 saturated heterocycles. The molecule has 2 aromatic rings. The van der Waals surface area contributed by atoms with Crippen LogP contribution in [0.4, 0.5) is 4.79 Å². The zero-order valence-electron chi connectivity index (χ0n) is 36.3. The predicted octanol–water partition coefficient (Wildman–Crippen LogP) is 9.13. The van der Waals surface area contributed by atoms with Gasteiger partial charge in [0.1, 0.15) is 22.8 Å². The van der Waals surface area contributed by atoms with Crippen molar-refractivity contribution < 1.29 is 52.6 Å². The van der Waals surface area contributed by atoms with Gasteiger partial charge in [-0.15, -0.1) is 0 Å². The molecular formula is C42H62I5N4O8V2. The summed E-state index contributed by atoms with van der Waals surface area (Å²) in [5.41, 5.74) is 5.50. The molecule has 61 heavy (non-hydrogen) atoms. The second kappa shape index (κ2) is 30.1. The number of hydrogen-bond donors (Lipinski definition) is 4. The van der Waals surface area contributed by atoms with Crippen molar-refractivity contribution in [3.05, 3.63) is 71.8 Å². The van der Waals surface area contributed by atoms with E-state index in [0.717, 1.165) is 11.1 Å². The van der Waals surface area contributed by atoms with Gasteiger partial charge in [-0.05, 0) is 76.8 Å². The van der Waals surface area contributed by atoms with Crippen molar-refractivity contribution in [3.63, 3.8) is 0 Å². The van der Waals surface area contributed by atoms with Crippen LogP contribution in [0.3, 0.4) is 0 Å². The molecular weight excluding hydrogens is 1420 g/mol. The minimum absolute atomic E-state index is 0.0416. The number of rotatable bonds is 18. The number of carbonyl (C=O) groups is 5. The van der Waals surface area contributed by atoms with E-state index >= 15 is 0 Å².